The van der Waals surface area contributed by atoms with Crippen molar-refractivity contribution in [1.82, 2.24) is 20.2 Å². The Morgan fingerprint density at radius 3 is 2.87 bits per heavy atom. The van der Waals surface area contributed by atoms with Crippen molar-refractivity contribution >= 4 is 23.2 Å². The predicted molar refractivity (Wildman–Crippen MR) is 87.4 cm³/mol. The van der Waals surface area contributed by atoms with E-state index < -0.39 is 0 Å². The van der Waals surface area contributed by atoms with Gasteiger partial charge in [0.2, 0.25) is 5.91 Å². The third kappa shape index (κ3) is 3.56. The zero-order valence-electron chi connectivity index (χ0n) is 12.9. The van der Waals surface area contributed by atoms with Crippen LogP contribution < -0.4 is 5.32 Å². The molecule has 1 aliphatic heterocycles. The second kappa shape index (κ2) is 6.87. The Bertz CT molecular complexity index is 689. The van der Waals surface area contributed by atoms with Crippen LogP contribution in [-0.2, 0) is 24.1 Å². The van der Waals surface area contributed by atoms with Crippen LogP contribution in [0.15, 0.2) is 24.4 Å². The topological polar surface area (TPSA) is 75.2 Å². The van der Waals surface area contributed by atoms with Gasteiger partial charge in [0.05, 0.1) is 12.1 Å². The van der Waals surface area contributed by atoms with Gasteiger partial charge in [0, 0.05) is 49.7 Å². The fourth-order valence-corrected chi connectivity index (χ4v) is 3.63. The van der Waals surface area contributed by atoms with E-state index in [4.69, 9.17) is 0 Å². The minimum atomic E-state index is -0.147. The maximum Gasteiger partial charge on any atom is 0.280 e. The van der Waals surface area contributed by atoms with Crippen molar-refractivity contribution in [2.24, 2.45) is 0 Å². The lowest BCUT2D eigenvalue weighted by Gasteiger charge is -2.20. The molecule has 0 radical (unpaired) electrons. The maximum atomic E-state index is 12.4. The second-order valence-corrected chi connectivity index (χ2v) is 6.43. The van der Waals surface area contributed by atoms with Gasteiger partial charge in [-0.3, -0.25) is 14.6 Å². The first kappa shape index (κ1) is 15.6. The van der Waals surface area contributed by atoms with Gasteiger partial charge in [-0.25, -0.2) is 4.98 Å². The van der Waals surface area contributed by atoms with Crippen LogP contribution in [0, 0.1) is 0 Å². The van der Waals surface area contributed by atoms with Crippen molar-refractivity contribution in [3.8, 4) is 0 Å². The molecule has 2 aromatic rings. The van der Waals surface area contributed by atoms with Crippen LogP contribution in [0.1, 0.15) is 26.1 Å². The molecule has 0 aromatic carbocycles. The average molecular weight is 330 g/mol. The molecule has 120 valence electrons. The summed E-state index contributed by atoms with van der Waals surface area (Å²) in [4.78, 5) is 35.7. The first-order chi connectivity index (χ1) is 11.2. The summed E-state index contributed by atoms with van der Waals surface area (Å²) in [6, 6.07) is 5.59. The highest BCUT2D eigenvalue weighted by atomic mass is 32.1. The Labute approximate surface area is 138 Å². The summed E-state index contributed by atoms with van der Waals surface area (Å²) in [5.74, 6) is -0.0588. The van der Waals surface area contributed by atoms with E-state index in [1.54, 1.807) is 13.2 Å². The van der Waals surface area contributed by atoms with Crippen LogP contribution in [0.25, 0.3) is 0 Å². The van der Waals surface area contributed by atoms with Crippen LogP contribution in [-0.4, -0.2) is 46.8 Å². The number of hydrogen-bond donors (Lipinski definition) is 1. The monoisotopic (exact) mass is 330 g/mol. The molecule has 0 saturated carbocycles. The van der Waals surface area contributed by atoms with Gasteiger partial charge in [0.1, 0.15) is 0 Å². The van der Waals surface area contributed by atoms with Gasteiger partial charge in [0.15, 0.2) is 5.01 Å². The molecule has 7 heteroatoms. The van der Waals surface area contributed by atoms with Crippen molar-refractivity contribution in [2.75, 3.05) is 20.1 Å². The largest absolute Gasteiger partial charge is 0.353 e. The number of nitrogens with one attached hydrogen (secondary N) is 1. The minimum absolute atomic E-state index is 0.0883. The van der Waals surface area contributed by atoms with Crippen molar-refractivity contribution in [2.45, 2.75) is 19.3 Å². The number of rotatable bonds is 3. The number of carbonyl (C=O) groups is 2. The Morgan fingerprint density at radius 2 is 2.13 bits per heavy atom. The summed E-state index contributed by atoms with van der Waals surface area (Å²) in [7, 11) is 1.60. The lowest BCUT2D eigenvalue weighted by Crippen LogP contribution is -2.34. The molecule has 0 spiro atoms. The molecule has 0 aliphatic carbocycles. The van der Waals surface area contributed by atoms with Crippen molar-refractivity contribution < 1.29 is 9.59 Å². The number of hydrogen-bond acceptors (Lipinski definition) is 5. The Morgan fingerprint density at radius 1 is 1.30 bits per heavy atom. The molecule has 0 fully saturated rings. The van der Waals surface area contributed by atoms with Crippen LogP contribution in [0.3, 0.4) is 0 Å². The number of nitrogens with zero attached hydrogens (tertiary/aromatic N) is 3. The summed E-state index contributed by atoms with van der Waals surface area (Å²) < 4.78 is 0. The Hall–Kier alpha value is -2.28. The molecular formula is C16H18N4O2S. The molecule has 23 heavy (non-hydrogen) atoms. The molecule has 3 rings (SSSR count). The molecule has 2 aromatic heterocycles. The zero-order valence-corrected chi connectivity index (χ0v) is 13.7. The van der Waals surface area contributed by atoms with Gasteiger partial charge >= 0.3 is 0 Å². The number of aromatic nitrogens is 2. The summed E-state index contributed by atoms with van der Waals surface area (Å²) in [5, 5.41) is 3.10. The van der Waals surface area contributed by atoms with Gasteiger partial charge in [-0.1, -0.05) is 6.07 Å². The number of amides is 2. The van der Waals surface area contributed by atoms with Gasteiger partial charge in [-0.05, 0) is 12.1 Å². The van der Waals surface area contributed by atoms with E-state index in [1.807, 2.05) is 23.1 Å². The third-order valence-corrected chi connectivity index (χ3v) is 4.99. The smallest absolute Gasteiger partial charge is 0.280 e. The highest BCUT2D eigenvalue weighted by Gasteiger charge is 2.23. The minimum Gasteiger partial charge on any atom is -0.353 e. The summed E-state index contributed by atoms with van der Waals surface area (Å²) in [5.41, 5.74) is 1.73. The third-order valence-electron chi connectivity index (χ3n) is 3.84. The fourth-order valence-electron chi connectivity index (χ4n) is 2.59. The fraction of sp³-hybridized carbons (Fsp3) is 0.375. The number of pyridine rings is 1. The Balaban J connectivity index is 1.64. The van der Waals surface area contributed by atoms with Crippen molar-refractivity contribution in [1.29, 1.82) is 0 Å². The van der Waals surface area contributed by atoms with Crippen molar-refractivity contribution in [3.63, 3.8) is 0 Å². The van der Waals surface area contributed by atoms with Crippen molar-refractivity contribution in [3.05, 3.63) is 45.7 Å². The number of fused-ring (bicyclic) bond motifs is 1. The highest BCUT2D eigenvalue weighted by Crippen LogP contribution is 2.23. The van der Waals surface area contributed by atoms with E-state index in [1.165, 1.54) is 11.3 Å². The number of thiazole rings is 1. The second-order valence-electron chi connectivity index (χ2n) is 5.35. The Kier molecular flexibility index (Phi) is 4.66. The molecule has 0 unspecified atom stereocenters. The van der Waals surface area contributed by atoms with Gasteiger partial charge in [0.25, 0.3) is 5.91 Å². The molecule has 2 amide bonds. The van der Waals surface area contributed by atoms with Crippen LogP contribution >= 0.6 is 11.3 Å². The SMILES string of the molecule is CNC(=O)c1nc2c(s1)CCN(C(=O)Cc1ccccn1)CC2. The van der Waals surface area contributed by atoms with E-state index in [0.717, 1.165) is 22.7 Å². The normalized spacial score (nSPS) is 14.0. The molecule has 0 atom stereocenters. The summed E-state index contributed by atoms with van der Waals surface area (Å²) in [6.07, 6.45) is 3.47. The highest BCUT2D eigenvalue weighted by molar-refractivity contribution is 7.13. The summed E-state index contributed by atoms with van der Waals surface area (Å²) in [6.45, 7) is 1.30. The molecule has 0 saturated heterocycles. The maximum absolute atomic E-state index is 12.4. The van der Waals surface area contributed by atoms with Gasteiger partial charge < -0.3 is 10.2 Å². The van der Waals surface area contributed by atoms with Gasteiger partial charge in [-0.2, -0.15) is 0 Å². The van der Waals surface area contributed by atoms with E-state index in [0.29, 0.717) is 30.9 Å². The van der Waals surface area contributed by atoms with Crippen LogP contribution in [0.2, 0.25) is 0 Å². The van der Waals surface area contributed by atoms with E-state index in [-0.39, 0.29) is 11.8 Å². The standard InChI is InChI=1S/C16H18N4O2S/c1-17-15(22)16-19-12-5-8-20(9-6-13(12)23-16)14(21)10-11-4-2-3-7-18-11/h2-4,7H,5-6,8-10H2,1H3,(H,17,22). The van der Waals surface area contributed by atoms with E-state index in [2.05, 4.69) is 15.3 Å². The molecule has 1 aliphatic rings. The first-order valence-corrected chi connectivity index (χ1v) is 8.37. The lowest BCUT2D eigenvalue weighted by atomic mass is 10.2. The first-order valence-electron chi connectivity index (χ1n) is 7.55. The van der Waals surface area contributed by atoms with Gasteiger partial charge in [-0.15, -0.1) is 11.3 Å². The summed E-state index contributed by atoms with van der Waals surface area (Å²) >= 11 is 1.43. The average Bonchev–Trinajstić information content (AvgIpc) is 2.88. The molecule has 6 nitrogen and oxygen atoms in total. The molecular weight excluding hydrogens is 312 g/mol. The number of carbonyl (C=O) groups excluding carboxylic acids is 2. The van der Waals surface area contributed by atoms with Crippen LogP contribution in [0.5, 0.6) is 0 Å². The quantitative estimate of drug-likeness (QED) is 0.913. The lowest BCUT2D eigenvalue weighted by molar-refractivity contribution is -0.130. The molecule has 3 heterocycles. The molecule has 1 N–H and O–H groups in total. The zero-order chi connectivity index (χ0) is 16.2. The van der Waals surface area contributed by atoms with E-state index in [9.17, 15) is 9.59 Å². The molecule has 0 bridgehead atoms. The predicted octanol–water partition coefficient (Wildman–Crippen LogP) is 1.07. The van der Waals surface area contributed by atoms with Crippen LogP contribution in [0.4, 0.5) is 0 Å². The van der Waals surface area contributed by atoms with E-state index >= 15 is 0 Å².